The number of anilines is 1. The number of nitrogens with zero attached hydrogens (tertiary/aromatic N) is 1. The lowest BCUT2D eigenvalue weighted by atomic mass is 10.2. The van der Waals surface area contributed by atoms with E-state index >= 15 is 0 Å². The third-order valence-corrected chi connectivity index (χ3v) is 4.28. The number of carbonyl (C=O) groups is 1. The second kappa shape index (κ2) is 5.66. The standard InChI is InChI=1S/C12H8ClFN2O4S/c13-11-10(2-1-5-15-11)21(19,20)16-9-6-7(12(17)18)3-4-8(9)14/h1-6,16H,(H,17,18). The summed E-state index contributed by atoms with van der Waals surface area (Å²) in [4.78, 5) is 14.1. The molecule has 1 aromatic heterocycles. The monoisotopic (exact) mass is 330 g/mol. The fourth-order valence-corrected chi connectivity index (χ4v) is 3.02. The Morgan fingerprint density at radius 1 is 1.33 bits per heavy atom. The van der Waals surface area contributed by atoms with Crippen molar-refractivity contribution in [2.24, 2.45) is 0 Å². The van der Waals surface area contributed by atoms with E-state index in [4.69, 9.17) is 16.7 Å². The molecule has 0 saturated heterocycles. The molecule has 0 spiro atoms. The van der Waals surface area contributed by atoms with Gasteiger partial charge in [0.25, 0.3) is 10.0 Å². The second-order valence-corrected chi connectivity index (χ2v) is 5.91. The SMILES string of the molecule is O=C(O)c1ccc(F)c(NS(=O)(=O)c2cccnc2Cl)c1. The van der Waals surface area contributed by atoms with Gasteiger partial charge in [0.1, 0.15) is 15.9 Å². The number of halogens is 2. The Morgan fingerprint density at radius 2 is 2.05 bits per heavy atom. The molecule has 2 rings (SSSR count). The molecular formula is C12H8ClFN2O4S. The molecule has 110 valence electrons. The second-order valence-electron chi connectivity index (χ2n) is 3.90. The van der Waals surface area contributed by atoms with E-state index in [2.05, 4.69) is 4.98 Å². The summed E-state index contributed by atoms with van der Waals surface area (Å²) in [6.45, 7) is 0. The number of pyridine rings is 1. The van der Waals surface area contributed by atoms with Crippen LogP contribution in [-0.4, -0.2) is 24.5 Å². The quantitative estimate of drug-likeness (QED) is 0.839. The highest BCUT2D eigenvalue weighted by Gasteiger charge is 2.20. The number of nitrogens with one attached hydrogen (secondary N) is 1. The number of aromatic carboxylic acids is 1. The molecule has 1 heterocycles. The number of hydrogen-bond acceptors (Lipinski definition) is 4. The van der Waals surface area contributed by atoms with Crippen molar-refractivity contribution >= 4 is 33.3 Å². The molecule has 0 aliphatic heterocycles. The molecule has 0 radical (unpaired) electrons. The maximum absolute atomic E-state index is 13.6. The van der Waals surface area contributed by atoms with E-state index in [0.29, 0.717) is 0 Å². The Bertz CT molecular complexity index is 811. The van der Waals surface area contributed by atoms with Gasteiger partial charge >= 0.3 is 5.97 Å². The molecular weight excluding hydrogens is 323 g/mol. The number of benzene rings is 1. The van der Waals surface area contributed by atoms with Crippen LogP contribution in [0.2, 0.25) is 5.15 Å². The largest absolute Gasteiger partial charge is 0.478 e. The van der Waals surface area contributed by atoms with Crippen molar-refractivity contribution < 1.29 is 22.7 Å². The van der Waals surface area contributed by atoms with Crippen LogP contribution in [0.1, 0.15) is 10.4 Å². The molecule has 0 bridgehead atoms. The van der Waals surface area contributed by atoms with E-state index in [9.17, 15) is 17.6 Å². The van der Waals surface area contributed by atoms with Gasteiger partial charge in [-0.2, -0.15) is 0 Å². The van der Waals surface area contributed by atoms with Crippen molar-refractivity contribution in [2.75, 3.05) is 4.72 Å². The fourth-order valence-electron chi connectivity index (χ4n) is 1.51. The van der Waals surface area contributed by atoms with Crippen molar-refractivity contribution in [1.82, 2.24) is 4.98 Å². The third-order valence-electron chi connectivity index (χ3n) is 2.47. The summed E-state index contributed by atoms with van der Waals surface area (Å²) in [7, 11) is -4.19. The highest BCUT2D eigenvalue weighted by atomic mass is 35.5. The molecule has 1 aromatic carbocycles. The van der Waals surface area contributed by atoms with Gasteiger partial charge in [-0.3, -0.25) is 4.72 Å². The molecule has 0 saturated carbocycles. The Balaban J connectivity index is 2.44. The van der Waals surface area contributed by atoms with Crippen molar-refractivity contribution in [1.29, 1.82) is 0 Å². The van der Waals surface area contributed by atoms with Gasteiger partial charge in [0, 0.05) is 6.20 Å². The number of rotatable bonds is 4. The summed E-state index contributed by atoms with van der Waals surface area (Å²) in [5, 5.41) is 8.55. The minimum Gasteiger partial charge on any atom is -0.478 e. The van der Waals surface area contributed by atoms with E-state index < -0.39 is 27.5 Å². The maximum Gasteiger partial charge on any atom is 0.335 e. The van der Waals surface area contributed by atoms with Gasteiger partial charge in [-0.25, -0.2) is 22.6 Å². The molecule has 0 aliphatic carbocycles. The van der Waals surface area contributed by atoms with Crippen molar-refractivity contribution in [3.63, 3.8) is 0 Å². The van der Waals surface area contributed by atoms with Gasteiger partial charge in [-0.05, 0) is 30.3 Å². The molecule has 0 aliphatic rings. The normalized spacial score (nSPS) is 11.1. The first-order chi connectivity index (χ1) is 9.81. The molecule has 0 atom stereocenters. The number of sulfonamides is 1. The maximum atomic E-state index is 13.6. The van der Waals surface area contributed by atoms with Crippen LogP contribution in [0.5, 0.6) is 0 Å². The van der Waals surface area contributed by atoms with Crippen LogP contribution in [0.25, 0.3) is 0 Å². The van der Waals surface area contributed by atoms with Crippen molar-refractivity contribution in [3.8, 4) is 0 Å². The zero-order valence-electron chi connectivity index (χ0n) is 10.2. The van der Waals surface area contributed by atoms with Gasteiger partial charge < -0.3 is 5.11 Å². The lowest BCUT2D eigenvalue weighted by Crippen LogP contribution is -2.15. The Kier molecular flexibility index (Phi) is 4.10. The summed E-state index contributed by atoms with van der Waals surface area (Å²) in [6.07, 6.45) is 1.30. The summed E-state index contributed by atoms with van der Waals surface area (Å²) >= 11 is 5.68. The topological polar surface area (TPSA) is 96.4 Å². The Hall–Kier alpha value is -2.19. The Labute approximate surface area is 124 Å². The molecule has 2 aromatic rings. The highest BCUT2D eigenvalue weighted by molar-refractivity contribution is 7.92. The van der Waals surface area contributed by atoms with E-state index in [1.54, 1.807) is 0 Å². The molecule has 9 heteroatoms. The van der Waals surface area contributed by atoms with Crippen LogP contribution in [-0.2, 0) is 10.0 Å². The third kappa shape index (κ3) is 3.29. The first-order valence-electron chi connectivity index (χ1n) is 5.47. The Morgan fingerprint density at radius 3 is 2.67 bits per heavy atom. The van der Waals surface area contributed by atoms with E-state index in [1.165, 1.54) is 18.3 Å². The summed E-state index contributed by atoms with van der Waals surface area (Å²) in [6, 6.07) is 5.29. The fraction of sp³-hybridized carbons (Fsp3) is 0. The average Bonchev–Trinajstić information content (AvgIpc) is 2.41. The van der Waals surface area contributed by atoms with Crippen LogP contribution in [0.15, 0.2) is 41.4 Å². The predicted octanol–water partition coefficient (Wildman–Crippen LogP) is 2.37. The highest BCUT2D eigenvalue weighted by Crippen LogP contribution is 2.23. The van der Waals surface area contributed by atoms with Gasteiger partial charge in [0.05, 0.1) is 11.3 Å². The summed E-state index contributed by atoms with van der Waals surface area (Å²) in [5.41, 5.74) is -0.749. The lowest BCUT2D eigenvalue weighted by Gasteiger charge is -2.10. The molecule has 0 unspecified atom stereocenters. The molecule has 2 N–H and O–H groups in total. The number of hydrogen-bond donors (Lipinski definition) is 2. The number of carboxylic acid groups (broad SMARTS) is 1. The van der Waals surface area contributed by atoms with Crippen molar-refractivity contribution in [3.05, 3.63) is 53.1 Å². The zero-order chi connectivity index (χ0) is 15.6. The lowest BCUT2D eigenvalue weighted by molar-refractivity contribution is 0.0697. The molecule has 0 fully saturated rings. The smallest absolute Gasteiger partial charge is 0.335 e. The van der Waals surface area contributed by atoms with E-state index in [0.717, 1.165) is 18.2 Å². The number of carboxylic acids is 1. The van der Waals surface area contributed by atoms with Gasteiger partial charge in [0.2, 0.25) is 0 Å². The van der Waals surface area contributed by atoms with E-state index in [-0.39, 0.29) is 15.6 Å². The first kappa shape index (κ1) is 15.2. The average molecular weight is 331 g/mol. The minimum atomic E-state index is -4.19. The molecule has 0 amide bonds. The van der Waals surface area contributed by atoms with Crippen LogP contribution in [0.4, 0.5) is 10.1 Å². The minimum absolute atomic E-state index is 0.258. The van der Waals surface area contributed by atoms with E-state index in [1.807, 2.05) is 4.72 Å². The summed E-state index contributed by atoms with van der Waals surface area (Å²) in [5.74, 6) is -2.22. The zero-order valence-corrected chi connectivity index (χ0v) is 11.8. The van der Waals surface area contributed by atoms with Crippen LogP contribution in [0.3, 0.4) is 0 Å². The molecule has 6 nitrogen and oxygen atoms in total. The van der Waals surface area contributed by atoms with Gasteiger partial charge in [-0.15, -0.1) is 0 Å². The van der Waals surface area contributed by atoms with Crippen molar-refractivity contribution in [2.45, 2.75) is 4.90 Å². The first-order valence-corrected chi connectivity index (χ1v) is 7.33. The number of aromatic nitrogens is 1. The van der Waals surface area contributed by atoms with Gasteiger partial charge in [0.15, 0.2) is 0 Å². The van der Waals surface area contributed by atoms with Gasteiger partial charge in [-0.1, -0.05) is 11.6 Å². The summed E-state index contributed by atoms with van der Waals surface area (Å²) < 4.78 is 39.8. The van der Waals surface area contributed by atoms with Crippen LogP contribution < -0.4 is 4.72 Å². The molecule has 21 heavy (non-hydrogen) atoms. The van der Waals surface area contributed by atoms with Crippen LogP contribution in [0, 0.1) is 5.82 Å². The van der Waals surface area contributed by atoms with Crippen LogP contribution >= 0.6 is 11.6 Å². The predicted molar refractivity (Wildman–Crippen MR) is 73.4 cm³/mol.